The van der Waals surface area contributed by atoms with Crippen LogP contribution in [0.2, 0.25) is 0 Å². The molecule has 1 unspecified atom stereocenters. The van der Waals surface area contributed by atoms with E-state index in [1.807, 2.05) is 13.0 Å². The highest BCUT2D eigenvalue weighted by atomic mass is 16.5. The van der Waals surface area contributed by atoms with Crippen LogP contribution in [-0.2, 0) is 9.53 Å². The molecular formula is C10H11NO3. The van der Waals surface area contributed by atoms with Gasteiger partial charge in [0.25, 0.3) is 0 Å². The molecule has 0 radical (unpaired) electrons. The van der Waals surface area contributed by atoms with Gasteiger partial charge in [-0.05, 0) is 18.6 Å². The van der Waals surface area contributed by atoms with E-state index in [1.165, 1.54) is 6.92 Å². The molecule has 0 aliphatic carbocycles. The first-order valence-corrected chi connectivity index (χ1v) is 4.48. The first-order chi connectivity index (χ1) is 6.59. The summed E-state index contributed by atoms with van der Waals surface area (Å²) in [7, 11) is 0. The summed E-state index contributed by atoms with van der Waals surface area (Å²) in [5.41, 5.74) is 1.80. The molecule has 1 aliphatic heterocycles. The Bertz CT molecular complexity index is 405. The summed E-state index contributed by atoms with van der Waals surface area (Å²) < 4.78 is 6.63. The molecule has 0 spiro atoms. The first-order valence-electron chi connectivity index (χ1n) is 4.48. The number of carbonyl (C=O) groups is 2. The molecule has 0 aromatic carbocycles. The van der Waals surface area contributed by atoms with Gasteiger partial charge in [-0.1, -0.05) is 0 Å². The smallest absolute Gasteiger partial charge is 0.303 e. The minimum absolute atomic E-state index is 0.0145. The average molecular weight is 193 g/mol. The van der Waals surface area contributed by atoms with Gasteiger partial charge in [0.05, 0.1) is 12.1 Å². The third kappa shape index (κ3) is 1.23. The van der Waals surface area contributed by atoms with Crippen molar-refractivity contribution in [3.8, 4) is 0 Å². The average Bonchev–Trinajstić information content (AvgIpc) is 2.56. The fourth-order valence-corrected chi connectivity index (χ4v) is 1.82. The minimum Gasteiger partial charge on any atom is -0.456 e. The van der Waals surface area contributed by atoms with E-state index in [2.05, 4.69) is 0 Å². The van der Waals surface area contributed by atoms with Crippen molar-refractivity contribution in [2.45, 2.75) is 26.4 Å². The van der Waals surface area contributed by atoms with E-state index in [4.69, 9.17) is 4.74 Å². The predicted octanol–water partition coefficient (Wildman–Crippen LogP) is 1.44. The van der Waals surface area contributed by atoms with Crippen LogP contribution in [0.15, 0.2) is 12.3 Å². The zero-order valence-electron chi connectivity index (χ0n) is 8.11. The molecule has 4 nitrogen and oxygen atoms in total. The standard InChI is InChI=1S/C10H11NO3/c1-6-3-4-11-9(13)5-8(10(6)11)14-7(2)12/h3-4,8H,5H2,1-2H3. The molecule has 0 fully saturated rings. The summed E-state index contributed by atoms with van der Waals surface area (Å²) in [6.45, 7) is 3.26. The maximum atomic E-state index is 11.4. The van der Waals surface area contributed by atoms with E-state index in [1.54, 1.807) is 10.8 Å². The van der Waals surface area contributed by atoms with Crippen molar-refractivity contribution in [3.63, 3.8) is 0 Å². The quantitative estimate of drug-likeness (QED) is 0.634. The van der Waals surface area contributed by atoms with Crippen LogP contribution >= 0.6 is 0 Å². The Morgan fingerprint density at radius 2 is 2.36 bits per heavy atom. The second-order valence-electron chi connectivity index (χ2n) is 3.45. The van der Waals surface area contributed by atoms with Crippen molar-refractivity contribution in [1.82, 2.24) is 4.57 Å². The number of aromatic nitrogens is 1. The van der Waals surface area contributed by atoms with Gasteiger partial charge in [-0.15, -0.1) is 0 Å². The summed E-state index contributed by atoms with van der Waals surface area (Å²) in [6, 6.07) is 1.85. The zero-order chi connectivity index (χ0) is 10.3. The molecule has 4 heteroatoms. The third-order valence-corrected chi connectivity index (χ3v) is 2.38. The SMILES string of the molecule is CC(=O)OC1CC(=O)n2ccc(C)c21. The van der Waals surface area contributed by atoms with Crippen molar-refractivity contribution in [1.29, 1.82) is 0 Å². The van der Waals surface area contributed by atoms with E-state index >= 15 is 0 Å². The van der Waals surface area contributed by atoms with Gasteiger partial charge in [0.2, 0.25) is 5.91 Å². The highest BCUT2D eigenvalue weighted by Crippen LogP contribution is 2.32. The van der Waals surface area contributed by atoms with E-state index in [9.17, 15) is 9.59 Å². The molecule has 0 amide bonds. The number of ether oxygens (including phenoxy) is 1. The Hall–Kier alpha value is -1.58. The highest BCUT2D eigenvalue weighted by molar-refractivity contribution is 5.84. The Morgan fingerprint density at radius 3 is 3.00 bits per heavy atom. The van der Waals surface area contributed by atoms with Crippen LogP contribution in [0.4, 0.5) is 0 Å². The normalized spacial score (nSPS) is 19.6. The van der Waals surface area contributed by atoms with Gasteiger partial charge in [0.15, 0.2) is 6.10 Å². The Morgan fingerprint density at radius 1 is 1.64 bits per heavy atom. The van der Waals surface area contributed by atoms with Gasteiger partial charge < -0.3 is 4.74 Å². The second-order valence-corrected chi connectivity index (χ2v) is 3.45. The second kappa shape index (κ2) is 2.97. The molecular weight excluding hydrogens is 182 g/mol. The molecule has 14 heavy (non-hydrogen) atoms. The van der Waals surface area contributed by atoms with Crippen LogP contribution in [0.1, 0.15) is 35.5 Å². The molecule has 0 saturated heterocycles. The summed E-state index contributed by atoms with van der Waals surface area (Å²) in [6.07, 6.45) is 1.59. The Balaban J connectivity index is 2.37. The maximum Gasteiger partial charge on any atom is 0.303 e. The molecule has 2 heterocycles. The summed E-state index contributed by atoms with van der Waals surface area (Å²) in [5.74, 6) is -0.365. The minimum atomic E-state index is -0.394. The lowest BCUT2D eigenvalue weighted by atomic mass is 10.1. The lowest BCUT2D eigenvalue weighted by Crippen LogP contribution is -2.06. The fraction of sp³-hybridized carbons (Fsp3) is 0.400. The Kier molecular flexibility index (Phi) is 1.91. The van der Waals surface area contributed by atoms with E-state index in [0.717, 1.165) is 11.3 Å². The van der Waals surface area contributed by atoms with Crippen LogP contribution in [-0.4, -0.2) is 16.4 Å². The van der Waals surface area contributed by atoms with Crippen molar-refractivity contribution in [2.24, 2.45) is 0 Å². The lowest BCUT2D eigenvalue weighted by molar-refractivity contribution is -0.146. The number of carbonyl (C=O) groups excluding carboxylic acids is 2. The van der Waals surface area contributed by atoms with Gasteiger partial charge in [0.1, 0.15) is 0 Å². The number of fused-ring (bicyclic) bond motifs is 1. The molecule has 1 aliphatic rings. The number of hydrogen-bond donors (Lipinski definition) is 0. The molecule has 0 N–H and O–H groups in total. The number of nitrogens with zero attached hydrogens (tertiary/aromatic N) is 1. The topological polar surface area (TPSA) is 48.3 Å². The molecule has 0 saturated carbocycles. The van der Waals surface area contributed by atoms with Gasteiger partial charge in [-0.3, -0.25) is 14.2 Å². The first kappa shape index (κ1) is 8.99. The van der Waals surface area contributed by atoms with Crippen LogP contribution < -0.4 is 0 Å². The maximum absolute atomic E-state index is 11.4. The fourth-order valence-electron chi connectivity index (χ4n) is 1.82. The molecule has 1 atom stereocenters. The van der Waals surface area contributed by atoms with Gasteiger partial charge in [-0.25, -0.2) is 0 Å². The van der Waals surface area contributed by atoms with Gasteiger partial charge in [0, 0.05) is 13.1 Å². The lowest BCUT2D eigenvalue weighted by Gasteiger charge is -2.09. The Labute approximate surface area is 81.5 Å². The predicted molar refractivity (Wildman–Crippen MR) is 48.9 cm³/mol. The van der Waals surface area contributed by atoms with E-state index < -0.39 is 6.10 Å². The molecule has 1 aromatic rings. The summed E-state index contributed by atoms with van der Waals surface area (Å²) in [4.78, 5) is 22.2. The number of rotatable bonds is 1. The van der Waals surface area contributed by atoms with Gasteiger partial charge >= 0.3 is 5.97 Å². The summed E-state index contributed by atoms with van der Waals surface area (Å²) in [5, 5.41) is 0. The molecule has 2 rings (SSSR count). The van der Waals surface area contributed by atoms with Crippen molar-refractivity contribution in [2.75, 3.05) is 0 Å². The third-order valence-electron chi connectivity index (χ3n) is 2.38. The largest absolute Gasteiger partial charge is 0.456 e. The van der Waals surface area contributed by atoms with E-state index in [0.29, 0.717) is 0 Å². The highest BCUT2D eigenvalue weighted by Gasteiger charge is 2.32. The monoisotopic (exact) mass is 193 g/mol. The van der Waals surface area contributed by atoms with Crippen LogP contribution in [0.3, 0.4) is 0 Å². The number of aryl methyl sites for hydroxylation is 1. The van der Waals surface area contributed by atoms with Crippen LogP contribution in [0, 0.1) is 6.92 Å². The number of hydrogen-bond acceptors (Lipinski definition) is 3. The van der Waals surface area contributed by atoms with Crippen molar-refractivity contribution >= 4 is 11.9 Å². The van der Waals surface area contributed by atoms with E-state index in [-0.39, 0.29) is 18.3 Å². The number of esters is 1. The van der Waals surface area contributed by atoms with Gasteiger partial charge in [-0.2, -0.15) is 0 Å². The zero-order valence-corrected chi connectivity index (χ0v) is 8.11. The van der Waals surface area contributed by atoms with Crippen molar-refractivity contribution in [3.05, 3.63) is 23.5 Å². The van der Waals surface area contributed by atoms with Crippen molar-refractivity contribution < 1.29 is 14.3 Å². The molecule has 74 valence electrons. The summed E-state index contributed by atoms with van der Waals surface area (Å²) >= 11 is 0. The molecule has 1 aromatic heterocycles. The van der Waals surface area contributed by atoms with Crippen LogP contribution in [0.5, 0.6) is 0 Å². The van der Waals surface area contributed by atoms with Crippen LogP contribution in [0.25, 0.3) is 0 Å². The molecule has 0 bridgehead atoms.